The van der Waals surface area contributed by atoms with Gasteiger partial charge in [-0.15, -0.1) is 12.2 Å². The number of aryl methyl sites for hydroxylation is 1. The monoisotopic (exact) mass is 275 g/mol. The summed E-state index contributed by atoms with van der Waals surface area (Å²) in [6.07, 6.45) is 6.83. The molecule has 0 bridgehead atoms. The van der Waals surface area contributed by atoms with Gasteiger partial charge < -0.3 is 0 Å². The molecule has 0 radical (unpaired) electrons. The van der Waals surface area contributed by atoms with E-state index in [9.17, 15) is 8.42 Å². The lowest BCUT2D eigenvalue weighted by molar-refractivity contribution is 0.412. The van der Waals surface area contributed by atoms with Crippen molar-refractivity contribution in [2.75, 3.05) is 6.54 Å². The molecule has 1 aromatic rings. The predicted octanol–water partition coefficient (Wildman–Crippen LogP) is 2.35. The van der Waals surface area contributed by atoms with Gasteiger partial charge in [-0.05, 0) is 32.1 Å². The first-order valence-corrected chi connectivity index (χ1v) is 7.25. The van der Waals surface area contributed by atoms with Crippen molar-refractivity contribution in [3.05, 3.63) is 48.2 Å². The van der Waals surface area contributed by atoms with E-state index in [0.29, 0.717) is 0 Å². The number of rotatable bonds is 5. The fourth-order valence-corrected chi connectivity index (χ4v) is 3.13. The van der Waals surface area contributed by atoms with Crippen LogP contribution in [0.25, 0.3) is 0 Å². The van der Waals surface area contributed by atoms with Crippen LogP contribution in [0.3, 0.4) is 0 Å². The second-order valence-electron chi connectivity index (χ2n) is 4.18. The topological polar surface area (TPSA) is 37.4 Å². The molecule has 0 amide bonds. The maximum absolute atomic E-state index is 12.5. The minimum absolute atomic E-state index is 0.00948. The summed E-state index contributed by atoms with van der Waals surface area (Å²) in [6.45, 7) is 7.10. The normalized spacial score (nSPS) is 12.5. The Morgan fingerprint density at radius 1 is 1.42 bits per heavy atom. The van der Waals surface area contributed by atoms with E-state index in [-0.39, 0.29) is 17.5 Å². The Bertz CT molecular complexity index is 617. The molecule has 0 aromatic heterocycles. The third kappa shape index (κ3) is 3.59. The third-order valence-corrected chi connectivity index (χ3v) is 4.63. The fraction of sp³-hybridized carbons (Fsp3) is 0.267. The summed E-state index contributed by atoms with van der Waals surface area (Å²) in [6, 6.07) is 6.29. The molecular weight excluding hydrogens is 258 g/mol. The summed E-state index contributed by atoms with van der Waals surface area (Å²) in [5, 5.41) is 0. The molecule has 1 unspecified atom stereocenters. The molecule has 4 heteroatoms. The molecule has 0 fully saturated rings. The molecule has 3 nitrogen and oxygen atoms in total. The van der Waals surface area contributed by atoms with Crippen molar-refractivity contribution in [3.63, 3.8) is 0 Å². The van der Waals surface area contributed by atoms with E-state index in [1.54, 1.807) is 37.3 Å². The van der Waals surface area contributed by atoms with Crippen LogP contribution >= 0.6 is 0 Å². The highest BCUT2D eigenvalue weighted by Crippen LogP contribution is 2.18. The van der Waals surface area contributed by atoms with E-state index < -0.39 is 10.0 Å². The molecule has 0 aliphatic rings. The van der Waals surface area contributed by atoms with Crippen LogP contribution in [0.5, 0.6) is 0 Å². The summed E-state index contributed by atoms with van der Waals surface area (Å²) < 4.78 is 26.3. The molecule has 1 aromatic carbocycles. The van der Waals surface area contributed by atoms with Gasteiger partial charge in [0, 0.05) is 6.04 Å². The first kappa shape index (κ1) is 15.3. The Kier molecular flexibility index (Phi) is 5.14. The Balaban J connectivity index is 3.24. The fourth-order valence-electron chi connectivity index (χ4n) is 1.64. The van der Waals surface area contributed by atoms with Crippen LogP contribution in [0.2, 0.25) is 0 Å². The zero-order chi connectivity index (χ0) is 14.5. The van der Waals surface area contributed by atoms with Gasteiger partial charge in [0.15, 0.2) is 0 Å². The second-order valence-corrected chi connectivity index (χ2v) is 6.07. The molecule has 1 rings (SSSR count). The van der Waals surface area contributed by atoms with Crippen molar-refractivity contribution >= 4 is 10.0 Å². The first-order chi connectivity index (χ1) is 8.93. The summed E-state index contributed by atoms with van der Waals surface area (Å²) in [4.78, 5) is 0.234. The number of benzene rings is 1. The lowest BCUT2D eigenvalue weighted by Gasteiger charge is -2.24. The third-order valence-electron chi connectivity index (χ3n) is 2.69. The number of sulfonamides is 1. The van der Waals surface area contributed by atoms with Crippen molar-refractivity contribution in [1.82, 2.24) is 4.31 Å². The van der Waals surface area contributed by atoms with E-state index in [1.807, 2.05) is 6.92 Å². The lowest BCUT2D eigenvalue weighted by atomic mass is 10.2. The summed E-state index contributed by atoms with van der Waals surface area (Å²) >= 11 is 0. The van der Waals surface area contributed by atoms with E-state index in [0.717, 1.165) is 5.56 Å². The van der Waals surface area contributed by atoms with Gasteiger partial charge >= 0.3 is 0 Å². The van der Waals surface area contributed by atoms with Crippen LogP contribution in [0.4, 0.5) is 0 Å². The maximum atomic E-state index is 12.5. The van der Waals surface area contributed by atoms with Crippen LogP contribution in [0.1, 0.15) is 12.5 Å². The SMILES string of the molecule is C#CCN(C(C)C=C=C)S(=O)(=O)c1ccc(C)cc1. The zero-order valence-electron chi connectivity index (χ0n) is 11.1. The first-order valence-electron chi connectivity index (χ1n) is 5.81. The largest absolute Gasteiger partial charge is 0.244 e. The van der Waals surface area contributed by atoms with Crippen LogP contribution in [0.15, 0.2) is 47.5 Å². The average molecular weight is 275 g/mol. The highest BCUT2D eigenvalue weighted by Gasteiger charge is 2.27. The maximum Gasteiger partial charge on any atom is 0.244 e. The molecule has 100 valence electrons. The van der Waals surface area contributed by atoms with Gasteiger partial charge in [-0.25, -0.2) is 8.42 Å². The van der Waals surface area contributed by atoms with Gasteiger partial charge in [0.2, 0.25) is 10.0 Å². The molecule has 0 aliphatic carbocycles. The minimum Gasteiger partial charge on any atom is -0.207 e. The Hall–Kier alpha value is -1.79. The summed E-state index contributed by atoms with van der Waals surface area (Å²) in [5.74, 6) is 2.37. The average Bonchev–Trinajstić information content (AvgIpc) is 2.36. The summed E-state index contributed by atoms with van der Waals surface area (Å²) in [7, 11) is -3.61. The smallest absolute Gasteiger partial charge is 0.207 e. The second kappa shape index (κ2) is 6.40. The van der Waals surface area contributed by atoms with Gasteiger partial charge in [-0.3, -0.25) is 0 Å². The lowest BCUT2D eigenvalue weighted by Crippen LogP contribution is -2.37. The van der Waals surface area contributed by atoms with Crippen molar-refractivity contribution in [1.29, 1.82) is 0 Å². The van der Waals surface area contributed by atoms with Gasteiger partial charge in [0.25, 0.3) is 0 Å². The zero-order valence-corrected chi connectivity index (χ0v) is 11.9. The highest BCUT2D eigenvalue weighted by atomic mass is 32.2. The van der Waals surface area contributed by atoms with Crippen LogP contribution in [0, 0.1) is 19.3 Å². The number of terminal acetylenes is 1. The van der Waals surface area contributed by atoms with Gasteiger partial charge in [0.05, 0.1) is 11.4 Å². The van der Waals surface area contributed by atoms with Crippen LogP contribution < -0.4 is 0 Å². The Morgan fingerprint density at radius 2 is 2.00 bits per heavy atom. The van der Waals surface area contributed by atoms with Gasteiger partial charge in [0.1, 0.15) is 0 Å². The Morgan fingerprint density at radius 3 is 2.47 bits per heavy atom. The van der Waals surface area contributed by atoms with Crippen molar-refractivity contribution < 1.29 is 8.42 Å². The highest BCUT2D eigenvalue weighted by molar-refractivity contribution is 7.89. The minimum atomic E-state index is -3.61. The van der Waals surface area contributed by atoms with Crippen LogP contribution in [-0.2, 0) is 10.0 Å². The van der Waals surface area contributed by atoms with Crippen molar-refractivity contribution in [3.8, 4) is 12.3 Å². The van der Waals surface area contributed by atoms with E-state index in [2.05, 4.69) is 18.2 Å². The molecule has 0 aliphatic heterocycles. The van der Waals surface area contributed by atoms with Crippen LogP contribution in [-0.4, -0.2) is 25.3 Å². The van der Waals surface area contributed by atoms with E-state index in [1.165, 1.54) is 4.31 Å². The van der Waals surface area contributed by atoms with E-state index in [4.69, 9.17) is 6.42 Å². The van der Waals surface area contributed by atoms with Crippen molar-refractivity contribution in [2.24, 2.45) is 0 Å². The predicted molar refractivity (Wildman–Crippen MR) is 77.1 cm³/mol. The molecular formula is C15H17NO2S. The molecule has 0 N–H and O–H groups in total. The number of hydrogen-bond acceptors (Lipinski definition) is 2. The van der Waals surface area contributed by atoms with Gasteiger partial charge in [-0.1, -0.05) is 30.2 Å². The quantitative estimate of drug-likeness (QED) is 0.611. The molecule has 19 heavy (non-hydrogen) atoms. The molecule has 1 atom stereocenters. The molecule has 0 spiro atoms. The standard InChI is InChI=1S/C15H17NO2S/c1-5-7-14(4)16(12-6-2)19(17,18)15-10-8-13(3)9-11-15/h2,7-11,14H,1,12H2,3-4H3. The number of hydrogen-bond donors (Lipinski definition) is 0. The summed E-state index contributed by atoms with van der Waals surface area (Å²) in [5.41, 5.74) is 3.59. The number of nitrogens with zero attached hydrogens (tertiary/aromatic N) is 1. The molecule has 0 saturated heterocycles. The van der Waals surface area contributed by atoms with Gasteiger partial charge in [-0.2, -0.15) is 4.31 Å². The van der Waals surface area contributed by atoms with Crippen molar-refractivity contribution in [2.45, 2.75) is 24.8 Å². The molecule has 0 heterocycles. The molecule has 0 saturated carbocycles. The Labute approximate surface area is 115 Å². The van der Waals surface area contributed by atoms with E-state index >= 15 is 0 Å².